The number of hydrogen-bond donors (Lipinski definition) is 5. The predicted molar refractivity (Wildman–Crippen MR) is 118 cm³/mol. The highest BCUT2D eigenvalue weighted by molar-refractivity contribution is 5.47. The summed E-state index contributed by atoms with van der Waals surface area (Å²) < 4.78 is 6.41. The molecular formula is C25H29NO5. The van der Waals surface area contributed by atoms with Gasteiger partial charge in [-0.05, 0) is 16.7 Å². The van der Waals surface area contributed by atoms with Gasteiger partial charge in [0.1, 0.15) is 17.8 Å². The Balaban J connectivity index is 2.02. The Morgan fingerprint density at radius 1 is 0.677 bits per heavy atom. The van der Waals surface area contributed by atoms with E-state index in [2.05, 4.69) is 0 Å². The standard InChI is InChI=1S/C25H29NO5/c26-21(16-27)23(29)24(30)22(28)17-31-25(18-10-4-1-5-11-18,19-12-6-2-7-13-19)20-14-8-3-9-15-20/h1-15,21-24,27-30H,16-17,26H2. The second kappa shape index (κ2) is 10.6. The minimum Gasteiger partial charge on any atom is -0.395 e. The number of ether oxygens (including phenoxy) is 1. The molecule has 0 saturated carbocycles. The Labute approximate surface area is 182 Å². The SMILES string of the molecule is NC(CO)C(O)C(O)C(O)COC(c1ccccc1)(c1ccccc1)c1ccccc1. The first-order chi connectivity index (χ1) is 15.0. The number of hydrogen-bond acceptors (Lipinski definition) is 6. The third kappa shape index (κ3) is 5.02. The van der Waals surface area contributed by atoms with Crippen LogP contribution >= 0.6 is 0 Å². The van der Waals surface area contributed by atoms with Gasteiger partial charge in [0.05, 0.1) is 25.4 Å². The maximum Gasteiger partial charge on any atom is 0.143 e. The van der Waals surface area contributed by atoms with Gasteiger partial charge in [0.25, 0.3) is 0 Å². The van der Waals surface area contributed by atoms with Gasteiger partial charge >= 0.3 is 0 Å². The minimum absolute atomic E-state index is 0.283. The zero-order chi connectivity index (χ0) is 22.3. The van der Waals surface area contributed by atoms with E-state index in [1.54, 1.807) is 0 Å². The van der Waals surface area contributed by atoms with E-state index in [1.807, 2.05) is 91.0 Å². The van der Waals surface area contributed by atoms with E-state index >= 15 is 0 Å². The summed E-state index contributed by atoms with van der Waals surface area (Å²) in [4.78, 5) is 0. The zero-order valence-corrected chi connectivity index (χ0v) is 17.2. The molecule has 0 fully saturated rings. The summed E-state index contributed by atoms with van der Waals surface area (Å²) in [5.74, 6) is 0. The molecule has 6 N–H and O–H groups in total. The number of aliphatic hydroxyl groups excluding tert-OH is 4. The van der Waals surface area contributed by atoms with Gasteiger partial charge in [-0.25, -0.2) is 0 Å². The van der Waals surface area contributed by atoms with Gasteiger partial charge in [0.15, 0.2) is 0 Å². The molecule has 0 spiro atoms. The third-order valence-corrected chi connectivity index (χ3v) is 5.41. The predicted octanol–water partition coefficient (Wildman–Crippen LogP) is 1.40. The van der Waals surface area contributed by atoms with Gasteiger partial charge < -0.3 is 30.9 Å². The van der Waals surface area contributed by atoms with Crippen molar-refractivity contribution < 1.29 is 25.2 Å². The van der Waals surface area contributed by atoms with Gasteiger partial charge in [-0.3, -0.25) is 0 Å². The fraction of sp³-hybridized carbons (Fsp3) is 0.280. The number of rotatable bonds is 10. The van der Waals surface area contributed by atoms with E-state index in [0.29, 0.717) is 0 Å². The average Bonchev–Trinajstić information content (AvgIpc) is 2.84. The van der Waals surface area contributed by atoms with Crippen LogP contribution < -0.4 is 5.73 Å². The Bertz CT molecular complexity index is 810. The number of aliphatic hydroxyl groups is 4. The molecular weight excluding hydrogens is 394 g/mol. The molecule has 0 bridgehead atoms. The van der Waals surface area contributed by atoms with Crippen LogP contribution in [0.15, 0.2) is 91.0 Å². The van der Waals surface area contributed by atoms with Crippen molar-refractivity contribution in [2.45, 2.75) is 30.0 Å². The van der Waals surface area contributed by atoms with Crippen LogP contribution in [-0.4, -0.2) is 58.0 Å². The smallest absolute Gasteiger partial charge is 0.143 e. The lowest BCUT2D eigenvalue weighted by molar-refractivity contribution is -0.116. The first-order valence-corrected chi connectivity index (χ1v) is 10.2. The van der Waals surface area contributed by atoms with Crippen LogP contribution in [0.4, 0.5) is 0 Å². The molecule has 0 radical (unpaired) electrons. The summed E-state index contributed by atoms with van der Waals surface area (Å²) in [6, 6.07) is 27.8. The Kier molecular flexibility index (Phi) is 7.92. The Morgan fingerprint density at radius 3 is 1.42 bits per heavy atom. The zero-order valence-electron chi connectivity index (χ0n) is 17.2. The van der Waals surface area contributed by atoms with Crippen molar-refractivity contribution in [1.82, 2.24) is 0 Å². The molecule has 3 aromatic carbocycles. The van der Waals surface area contributed by atoms with Crippen LogP contribution in [0.25, 0.3) is 0 Å². The monoisotopic (exact) mass is 423 g/mol. The summed E-state index contributed by atoms with van der Waals surface area (Å²) in [5.41, 5.74) is 7.08. The molecule has 3 rings (SSSR count). The highest BCUT2D eigenvalue weighted by Crippen LogP contribution is 2.40. The lowest BCUT2D eigenvalue weighted by Crippen LogP contribution is -2.51. The molecule has 0 aliphatic heterocycles. The summed E-state index contributed by atoms with van der Waals surface area (Å²) in [7, 11) is 0. The molecule has 3 aromatic rings. The van der Waals surface area contributed by atoms with Gasteiger partial charge in [-0.15, -0.1) is 0 Å². The fourth-order valence-corrected chi connectivity index (χ4v) is 3.67. The highest BCUT2D eigenvalue weighted by Gasteiger charge is 2.39. The van der Waals surface area contributed by atoms with E-state index in [9.17, 15) is 15.3 Å². The highest BCUT2D eigenvalue weighted by atomic mass is 16.5. The summed E-state index contributed by atoms with van der Waals surface area (Å²) >= 11 is 0. The van der Waals surface area contributed by atoms with E-state index in [1.165, 1.54) is 0 Å². The molecule has 31 heavy (non-hydrogen) atoms. The first-order valence-electron chi connectivity index (χ1n) is 10.2. The fourth-order valence-electron chi connectivity index (χ4n) is 3.67. The molecule has 0 aromatic heterocycles. The van der Waals surface area contributed by atoms with Crippen LogP contribution in [0.2, 0.25) is 0 Å². The lowest BCUT2D eigenvalue weighted by Gasteiger charge is -2.37. The lowest BCUT2D eigenvalue weighted by atomic mass is 9.80. The minimum atomic E-state index is -1.58. The van der Waals surface area contributed by atoms with Crippen molar-refractivity contribution in [1.29, 1.82) is 0 Å². The van der Waals surface area contributed by atoms with Crippen molar-refractivity contribution >= 4 is 0 Å². The molecule has 0 aliphatic carbocycles. The summed E-state index contributed by atoms with van der Waals surface area (Å²) in [6.07, 6.45) is -4.51. The van der Waals surface area contributed by atoms with Crippen LogP contribution in [0.3, 0.4) is 0 Å². The average molecular weight is 424 g/mol. The Morgan fingerprint density at radius 2 is 1.06 bits per heavy atom. The number of benzene rings is 3. The van der Waals surface area contributed by atoms with Crippen molar-refractivity contribution in [3.63, 3.8) is 0 Å². The summed E-state index contributed by atoms with van der Waals surface area (Å²) in [6.45, 7) is -0.803. The summed E-state index contributed by atoms with van der Waals surface area (Å²) in [5, 5.41) is 40.1. The van der Waals surface area contributed by atoms with Crippen molar-refractivity contribution in [2.24, 2.45) is 5.73 Å². The maximum absolute atomic E-state index is 10.6. The van der Waals surface area contributed by atoms with E-state index in [-0.39, 0.29) is 6.61 Å². The van der Waals surface area contributed by atoms with Crippen LogP contribution in [0, 0.1) is 0 Å². The topological polar surface area (TPSA) is 116 Å². The quantitative estimate of drug-likeness (QED) is 0.315. The van der Waals surface area contributed by atoms with Crippen molar-refractivity contribution in [2.75, 3.05) is 13.2 Å². The van der Waals surface area contributed by atoms with E-state index < -0.39 is 36.6 Å². The molecule has 164 valence electrons. The van der Waals surface area contributed by atoms with Crippen LogP contribution in [0.1, 0.15) is 16.7 Å². The molecule has 0 amide bonds. The molecule has 4 atom stereocenters. The third-order valence-electron chi connectivity index (χ3n) is 5.41. The molecule has 4 unspecified atom stereocenters. The maximum atomic E-state index is 10.6. The van der Waals surface area contributed by atoms with Gasteiger partial charge in [0.2, 0.25) is 0 Å². The number of nitrogens with two attached hydrogens (primary N) is 1. The van der Waals surface area contributed by atoms with Gasteiger partial charge in [-0.2, -0.15) is 0 Å². The first kappa shape index (κ1) is 23.1. The van der Waals surface area contributed by atoms with E-state index in [0.717, 1.165) is 16.7 Å². The molecule has 6 nitrogen and oxygen atoms in total. The van der Waals surface area contributed by atoms with Crippen molar-refractivity contribution in [3.8, 4) is 0 Å². The molecule has 0 heterocycles. The van der Waals surface area contributed by atoms with E-state index in [4.69, 9.17) is 15.6 Å². The van der Waals surface area contributed by atoms with Crippen LogP contribution in [-0.2, 0) is 10.3 Å². The second-order valence-corrected chi connectivity index (χ2v) is 7.49. The van der Waals surface area contributed by atoms with Crippen LogP contribution in [0.5, 0.6) is 0 Å². The van der Waals surface area contributed by atoms with Crippen molar-refractivity contribution in [3.05, 3.63) is 108 Å². The molecule has 6 heteroatoms. The van der Waals surface area contributed by atoms with Gasteiger partial charge in [-0.1, -0.05) is 91.0 Å². The molecule has 0 saturated heterocycles. The normalized spacial score (nSPS) is 15.8. The molecule has 0 aliphatic rings. The largest absolute Gasteiger partial charge is 0.395 e. The Hall–Kier alpha value is -2.58. The van der Waals surface area contributed by atoms with Gasteiger partial charge in [0, 0.05) is 0 Å². The second-order valence-electron chi connectivity index (χ2n) is 7.49.